The molecule has 1 aliphatic carbocycles. The van der Waals surface area contributed by atoms with Crippen molar-refractivity contribution in [3.8, 4) is 0 Å². The number of nitrogens with zero attached hydrogens (tertiary/aromatic N) is 3. The van der Waals surface area contributed by atoms with E-state index >= 15 is 0 Å². The lowest BCUT2D eigenvalue weighted by Gasteiger charge is -2.36. The molecule has 4 nitrogen and oxygen atoms in total. The lowest BCUT2D eigenvalue weighted by Crippen LogP contribution is -2.35. The van der Waals surface area contributed by atoms with E-state index in [1.807, 2.05) is 12.4 Å². The first-order valence-corrected chi connectivity index (χ1v) is 8.16. The Morgan fingerprint density at radius 3 is 2.71 bits per heavy atom. The Morgan fingerprint density at radius 1 is 1.29 bits per heavy atom. The van der Waals surface area contributed by atoms with Crippen LogP contribution in [0.2, 0.25) is 0 Å². The van der Waals surface area contributed by atoms with Crippen LogP contribution >= 0.6 is 0 Å². The van der Waals surface area contributed by atoms with Crippen molar-refractivity contribution in [2.45, 2.75) is 58.4 Å². The van der Waals surface area contributed by atoms with Crippen molar-refractivity contribution in [1.29, 1.82) is 0 Å². The van der Waals surface area contributed by atoms with Crippen LogP contribution in [0.4, 0.5) is 0 Å². The fourth-order valence-corrected chi connectivity index (χ4v) is 3.79. The summed E-state index contributed by atoms with van der Waals surface area (Å²) in [5.41, 5.74) is 8.60. The van der Waals surface area contributed by atoms with Gasteiger partial charge in [-0.2, -0.15) is 0 Å². The molecule has 0 radical (unpaired) electrons. The third-order valence-corrected chi connectivity index (χ3v) is 4.96. The van der Waals surface area contributed by atoms with Gasteiger partial charge in [-0.05, 0) is 44.7 Å². The summed E-state index contributed by atoms with van der Waals surface area (Å²) in [6.45, 7) is 5.22. The number of fused-ring (bicyclic) bond motifs is 1. The van der Waals surface area contributed by atoms with Crippen molar-refractivity contribution in [3.05, 3.63) is 24.3 Å². The first kappa shape index (κ1) is 14.5. The number of pyridine rings is 1. The van der Waals surface area contributed by atoms with E-state index in [0.717, 1.165) is 18.5 Å². The maximum Gasteiger partial charge on any atom is 0.110 e. The summed E-state index contributed by atoms with van der Waals surface area (Å²) in [4.78, 5) is 9.08. The number of aromatic nitrogens is 3. The monoisotopic (exact) mass is 286 g/mol. The summed E-state index contributed by atoms with van der Waals surface area (Å²) in [7, 11) is 0. The van der Waals surface area contributed by atoms with Gasteiger partial charge in [-0.3, -0.25) is 4.98 Å². The molecule has 2 N–H and O–H groups in total. The minimum atomic E-state index is 0.250. The summed E-state index contributed by atoms with van der Waals surface area (Å²) in [6, 6.07) is 2.48. The van der Waals surface area contributed by atoms with Crippen LogP contribution in [0.3, 0.4) is 0 Å². The molecule has 1 fully saturated rings. The normalized spacial score (nSPS) is 18.5. The van der Waals surface area contributed by atoms with Crippen LogP contribution in [0.25, 0.3) is 11.0 Å². The quantitative estimate of drug-likeness (QED) is 0.936. The van der Waals surface area contributed by atoms with Crippen molar-refractivity contribution >= 4 is 11.0 Å². The standard InChI is InChI=1S/C17H26N4/c1-13(2)21-15-6-9-19-11-14(15)20-16(21)10-17(12-18)7-4-3-5-8-17/h6,9,11,13H,3-5,7-8,10,12,18H2,1-2H3. The third kappa shape index (κ3) is 2.69. The van der Waals surface area contributed by atoms with Crippen LogP contribution in [0.1, 0.15) is 57.8 Å². The van der Waals surface area contributed by atoms with Gasteiger partial charge in [0.2, 0.25) is 0 Å². The Bertz CT molecular complexity index is 608. The second-order valence-corrected chi connectivity index (χ2v) is 6.80. The molecule has 2 aromatic rings. The maximum absolute atomic E-state index is 6.16. The van der Waals surface area contributed by atoms with Crippen molar-refractivity contribution in [1.82, 2.24) is 14.5 Å². The molecule has 2 aromatic heterocycles. The van der Waals surface area contributed by atoms with E-state index in [1.54, 1.807) is 0 Å². The van der Waals surface area contributed by atoms with Gasteiger partial charge in [0.15, 0.2) is 0 Å². The van der Waals surface area contributed by atoms with Crippen LogP contribution in [0.5, 0.6) is 0 Å². The largest absolute Gasteiger partial charge is 0.330 e. The molecule has 2 heterocycles. The molecule has 0 unspecified atom stereocenters. The molecule has 0 aromatic carbocycles. The summed E-state index contributed by atoms with van der Waals surface area (Å²) < 4.78 is 2.36. The van der Waals surface area contributed by atoms with Crippen LogP contribution < -0.4 is 5.73 Å². The number of imidazole rings is 1. The number of rotatable bonds is 4. The zero-order valence-electron chi connectivity index (χ0n) is 13.2. The van der Waals surface area contributed by atoms with Crippen molar-refractivity contribution in [2.24, 2.45) is 11.1 Å². The number of nitrogens with two attached hydrogens (primary N) is 1. The first-order chi connectivity index (χ1) is 10.2. The maximum atomic E-state index is 6.16. The zero-order chi connectivity index (χ0) is 14.9. The Labute approximate surface area is 126 Å². The number of hydrogen-bond donors (Lipinski definition) is 1. The van der Waals surface area contributed by atoms with E-state index in [9.17, 15) is 0 Å². The lowest BCUT2D eigenvalue weighted by atomic mass is 9.71. The fraction of sp³-hybridized carbons (Fsp3) is 0.647. The molecule has 114 valence electrons. The Morgan fingerprint density at radius 2 is 2.05 bits per heavy atom. The van der Waals surface area contributed by atoms with E-state index in [-0.39, 0.29) is 5.41 Å². The van der Waals surface area contributed by atoms with Gasteiger partial charge in [0, 0.05) is 18.7 Å². The van der Waals surface area contributed by atoms with E-state index in [0.29, 0.717) is 6.04 Å². The predicted molar refractivity (Wildman–Crippen MR) is 86.2 cm³/mol. The highest BCUT2D eigenvalue weighted by Gasteiger charge is 2.33. The molecule has 0 spiro atoms. The average molecular weight is 286 g/mol. The van der Waals surface area contributed by atoms with Gasteiger partial charge in [-0.1, -0.05) is 19.3 Å². The Balaban J connectivity index is 2.01. The van der Waals surface area contributed by atoms with E-state index in [2.05, 4.69) is 29.5 Å². The van der Waals surface area contributed by atoms with Gasteiger partial charge in [-0.25, -0.2) is 4.98 Å². The SMILES string of the molecule is CC(C)n1c(CC2(CN)CCCCC2)nc2cnccc21. The number of hydrogen-bond acceptors (Lipinski definition) is 3. The minimum Gasteiger partial charge on any atom is -0.330 e. The molecular weight excluding hydrogens is 260 g/mol. The molecule has 0 aliphatic heterocycles. The van der Waals surface area contributed by atoms with Crippen molar-refractivity contribution < 1.29 is 0 Å². The molecule has 1 saturated carbocycles. The average Bonchev–Trinajstić information content (AvgIpc) is 2.85. The minimum absolute atomic E-state index is 0.250. The molecular formula is C17H26N4. The summed E-state index contributed by atoms with van der Waals surface area (Å²) in [5.74, 6) is 1.18. The molecule has 0 bridgehead atoms. The topological polar surface area (TPSA) is 56.7 Å². The first-order valence-electron chi connectivity index (χ1n) is 8.16. The van der Waals surface area contributed by atoms with Crippen LogP contribution in [0.15, 0.2) is 18.5 Å². The molecule has 4 heteroatoms. The Hall–Kier alpha value is -1.42. The van der Waals surface area contributed by atoms with Crippen molar-refractivity contribution in [2.75, 3.05) is 6.54 Å². The summed E-state index contributed by atoms with van der Waals surface area (Å²) in [6.07, 6.45) is 11.2. The van der Waals surface area contributed by atoms with Gasteiger partial charge in [0.25, 0.3) is 0 Å². The lowest BCUT2D eigenvalue weighted by molar-refractivity contribution is 0.191. The highest BCUT2D eigenvalue weighted by Crippen LogP contribution is 2.39. The highest BCUT2D eigenvalue weighted by molar-refractivity contribution is 5.74. The molecule has 1 aliphatic rings. The summed E-state index contributed by atoms with van der Waals surface area (Å²) in [5, 5.41) is 0. The zero-order valence-corrected chi connectivity index (χ0v) is 13.2. The predicted octanol–water partition coefficient (Wildman–Crippen LogP) is 3.46. The smallest absolute Gasteiger partial charge is 0.110 e. The van der Waals surface area contributed by atoms with Gasteiger partial charge in [0.05, 0.1) is 11.7 Å². The molecule has 0 amide bonds. The van der Waals surface area contributed by atoms with Gasteiger partial charge in [0.1, 0.15) is 11.3 Å². The fourth-order valence-electron chi connectivity index (χ4n) is 3.79. The van der Waals surface area contributed by atoms with Crippen LogP contribution in [-0.4, -0.2) is 21.1 Å². The van der Waals surface area contributed by atoms with Gasteiger partial charge < -0.3 is 10.3 Å². The van der Waals surface area contributed by atoms with E-state index in [4.69, 9.17) is 10.7 Å². The van der Waals surface area contributed by atoms with Gasteiger partial charge >= 0.3 is 0 Å². The third-order valence-electron chi connectivity index (χ3n) is 4.96. The molecule has 0 atom stereocenters. The second-order valence-electron chi connectivity index (χ2n) is 6.80. The second kappa shape index (κ2) is 5.76. The molecule has 0 saturated heterocycles. The highest BCUT2D eigenvalue weighted by atomic mass is 15.1. The molecule has 3 rings (SSSR count). The Kier molecular flexibility index (Phi) is 3.98. The van der Waals surface area contributed by atoms with Crippen LogP contribution in [0, 0.1) is 5.41 Å². The van der Waals surface area contributed by atoms with Gasteiger partial charge in [-0.15, -0.1) is 0 Å². The molecule has 21 heavy (non-hydrogen) atoms. The van der Waals surface area contributed by atoms with E-state index in [1.165, 1.54) is 43.4 Å². The van der Waals surface area contributed by atoms with E-state index < -0.39 is 0 Å². The van der Waals surface area contributed by atoms with Crippen molar-refractivity contribution in [3.63, 3.8) is 0 Å². The summed E-state index contributed by atoms with van der Waals surface area (Å²) >= 11 is 0. The van der Waals surface area contributed by atoms with Crippen LogP contribution in [-0.2, 0) is 6.42 Å².